The van der Waals surface area contributed by atoms with Gasteiger partial charge in [0, 0.05) is 34.7 Å². The highest BCUT2D eigenvalue weighted by Gasteiger charge is 2.36. The maximum absolute atomic E-state index is 12.3. The molecule has 2 aromatic carbocycles. The quantitative estimate of drug-likeness (QED) is 0.298. The lowest BCUT2D eigenvalue weighted by atomic mass is 10.1. The summed E-state index contributed by atoms with van der Waals surface area (Å²) in [7, 11) is 0. The number of hydrogen-bond acceptors (Lipinski definition) is 7. The number of nitrogens with zero attached hydrogens (tertiary/aromatic N) is 2. The lowest BCUT2D eigenvalue weighted by Gasteiger charge is -2.17. The van der Waals surface area contributed by atoms with Crippen LogP contribution in [-0.4, -0.2) is 46.7 Å². The van der Waals surface area contributed by atoms with Gasteiger partial charge in [0.05, 0.1) is 17.4 Å². The first-order valence-corrected chi connectivity index (χ1v) is 9.43. The predicted molar refractivity (Wildman–Crippen MR) is 107 cm³/mol. The molecule has 2 amide bonds. The van der Waals surface area contributed by atoms with E-state index in [0.29, 0.717) is 5.02 Å². The molecule has 0 saturated carbocycles. The van der Waals surface area contributed by atoms with Gasteiger partial charge in [-0.2, -0.15) is 0 Å². The van der Waals surface area contributed by atoms with Crippen molar-refractivity contribution in [1.82, 2.24) is 10.4 Å². The molecule has 1 aliphatic rings. The van der Waals surface area contributed by atoms with Crippen molar-refractivity contribution in [2.24, 2.45) is 5.92 Å². The van der Waals surface area contributed by atoms with Gasteiger partial charge >= 0.3 is 5.97 Å². The fourth-order valence-electron chi connectivity index (χ4n) is 2.89. The number of esters is 1. The number of nitro benzene ring substituents is 1. The van der Waals surface area contributed by atoms with Crippen molar-refractivity contribution < 1.29 is 28.8 Å². The lowest BCUT2D eigenvalue weighted by Crippen LogP contribution is -2.43. The van der Waals surface area contributed by atoms with Gasteiger partial charge in [-0.05, 0) is 24.3 Å². The molecule has 31 heavy (non-hydrogen) atoms. The van der Waals surface area contributed by atoms with Crippen LogP contribution in [0.1, 0.15) is 27.1 Å². The van der Waals surface area contributed by atoms with Crippen molar-refractivity contribution in [2.45, 2.75) is 6.42 Å². The Kier molecular flexibility index (Phi) is 6.61. The zero-order valence-corrected chi connectivity index (χ0v) is 16.7. The van der Waals surface area contributed by atoms with Crippen molar-refractivity contribution in [3.63, 3.8) is 0 Å². The zero-order chi connectivity index (χ0) is 22.5. The summed E-state index contributed by atoms with van der Waals surface area (Å²) in [6, 6.07) is 11.1. The van der Waals surface area contributed by atoms with Crippen molar-refractivity contribution >= 4 is 40.9 Å². The third-order valence-electron chi connectivity index (χ3n) is 4.53. The Morgan fingerprint density at radius 1 is 1.16 bits per heavy atom. The average Bonchev–Trinajstić information content (AvgIpc) is 3.12. The van der Waals surface area contributed by atoms with Crippen LogP contribution < -0.4 is 5.43 Å². The molecule has 0 radical (unpaired) electrons. The number of non-ortho nitro benzene ring substituents is 1. The second-order valence-corrected chi connectivity index (χ2v) is 7.13. The number of nitro groups is 1. The van der Waals surface area contributed by atoms with E-state index in [1.807, 2.05) is 0 Å². The molecule has 0 unspecified atom stereocenters. The van der Waals surface area contributed by atoms with Crippen LogP contribution in [-0.2, 0) is 14.3 Å². The number of rotatable bonds is 7. The van der Waals surface area contributed by atoms with Crippen molar-refractivity contribution in [3.05, 3.63) is 74.8 Å². The predicted octanol–water partition coefficient (Wildman–Crippen LogP) is 2.17. The molecule has 1 fully saturated rings. The molecule has 1 N–H and O–H groups in total. The van der Waals surface area contributed by atoms with Crippen LogP contribution >= 0.6 is 11.6 Å². The van der Waals surface area contributed by atoms with Gasteiger partial charge < -0.3 is 4.74 Å². The molecule has 0 aliphatic carbocycles. The Balaban J connectivity index is 1.53. The fourth-order valence-corrected chi connectivity index (χ4v) is 3.02. The van der Waals surface area contributed by atoms with Gasteiger partial charge in [-0.1, -0.05) is 23.7 Å². The van der Waals surface area contributed by atoms with E-state index in [-0.39, 0.29) is 29.8 Å². The minimum Gasteiger partial charge on any atom is -0.457 e. The highest BCUT2D eigenvalue weighted by atomic mass is 35.5. The van der Waals surface area contributed by atoms with Gasteiger partial charge in [0.1, 0.15) is 0 Å². The van der Waals surface area contributed by atoms with Gasteiger partial charge in [-0.25, -0.2) is 0 Å². The van der Waals surface area contributed by atoms with E-state index < -0.39 is 41.0 Å². The first-order chi connectivity index (χ1) is 14.7. The van der Waals surface area contributed by atoms with Gasteiger partial charge in [0.2, 0.25) is 11.7 Å². The first-order valence-electron chi connectivity index (χ1n) is 9.06. The third-order valence-corrected chi connectivity index (χ3v) is 4.78. The van der Waals surface area contributed by atoms with E-state index in [0.717, 1.165) is 11.1 Å². The smallest absolute Gasteiger partial charge is 0.311 e. The van der Waals surface area contributed by atoms with Crippen molar-refractivity contribution in [3.8, 4) is 0 Å². The molecule has 3 rings (SSSR count). The van der Waals surface area contributed by atoms with E-state index in [9.17, 15) is 29.3 Å². The van der Waals surface area contributed by atoms with Gasteiger partial charge in [0.25, 0.3) is 11.6 Å². The standard InChI is InChI=1S/C20H16ClN3O7/c21-15-6-4-12(5-7-15)19(27)22-23-10-14(9-18(23)26)20(28)31-11-17(25)13-2-1-3-16(8-13)24(29)30/h1-8,14H,9-11H2,(H,22,27)/t14-/m0/s1. The summed E-state index contributed by atoms with van der Waals surface area (Å²) in [5, 5.41) is 12.3. The molecule has 1 heterocycles. The summed E-state index contributed by atoms with van der Waals surface area (Å²) in [6.07, 6.45) is -0.190. The maximum Gasteiger partial charge on any atom is 0.311 e. The molecular weight excluding hydrogens is 430 g/mol. The monoisotopic (exact) mass is 445 g/mol. The topological polar surface area (TPSA) is 136 Å². The zero-order valence-electron chi connectivity index (χ0n) is 15.9. The Morgan fingerprint density at radius 2 is 1.87 bits per heavy atom. The molecular formula is C20H16ClN3O7. The van der Waals surface area contributed by atoms with E-state index in [1.165, 1.54) is 42.5 Å². The number of hydrazine groups is 1. The number of carbonyl (C=O) groups is 4. The summed E-state index contributed by atoms with van der Waals surface area (Å²) in [5.74, 6) is -3.28. The highest BCUT2D eigenvalue weighted by Crippen LogP contribution is 2.19. The maximum atomic E-state index is 12.3. The highest BCUT2D eigenvalue weighted by molar-refractivity contribution is 6.30. The van der Waals surface area contributed by atoms with Crippen molar-refractivity contribution in [2.75, 3.05) is 13.2 Å². The fraction of sp³-hybridized carbons (Fsp3) is 0.200. The largest absolute Gasteiger partial charge is 0.457 e. The molecule has 2 aromatic rings. The third kappa shape index (κ3) is 5.43. The average molecular weight is 446 g/mol. The number of benzene rings is 2. The molecule has 1 atom stereocenters. The van der Waals surface area contributed by atoms with E-state index in [1.54, 1.807) is 0 Å². The SMILES string of the molecule is O=C(COC(=O)[C@H]1CC(=O)N(NC(=O)c2ccc(Cl)cc2)C1)c1cccc([N+](=O)[O-])c1. The van der Waals surface area contributed by atoms with Crippen LogP contribution in [0.25, 0.3) is 0 Å². The van der Waals surface area contributed by atoms with Crippen LogP contribution in [0.3, 0.4) is 0 Å². The number of carbonyl (C=O) groups excluding carboxylic acids is 4. The number of ether oxygens (including phenoxy) is 1. The molecule has 10 nitrogen and oxygen atoms in total. The molecule has 1 saturated heterocycles. The summed E-state index contributed by atoms with van der Waals surface area (Å²) >= 11 is 5.77. The minimum atomic E-state index is -0.865. The van der Waals surface area contributed by atoms with Crippen LogP contribution in [0.15, 0.2) is 48.5 Å². The minimum absolute atomic E-state index is 0.0290. The Morgan fingerprint density at radius 3 is 2.55 bits per heavy atom. The van der Waals surface area contributed by atoms with Crippen LogP contribution in [0.2, 0.25) is 5.02 Å². The molecule has 11 heteroatoms. The summed E-state index contributed by atoms with van der Waals surface area (Å²) < 4.78 is 4.98. The van der Waals surface area contributed by atoms with Gasteiger partial charge in [0.15, 0.2) is 6.61 Å². The van der Waals surface area contributed by atoms with Gasteiger partial charge in [-0.3, -0.25) is 39.7 Å². The molecule has 0 aromatic heterocycles. The summed E-state index contributed by atoms with van der Waals surface area (Å²) in [6.45, 7) is -0.732. The van der Waals surface area contributed by atoms with Crippen LogP contribution in [0.5, 0.6) is 0 Å². The second-order valence-electron chi connectivity index (χ2n) is 6.69. The first kappa shape index (κ1) is 21.9. The Labute approximate surface area is 180 Å². The summed E-state index contributed by atoms with van der Waals surface area (Å²) in [5.41, 5.74) is 2.47. The number of amides is 2. The second kappa shape index (κ2) is 9.35. The molecule has 160 valence electrons. The number of nitrogens with one attached hydrogen (secondary N) is 1. The van der Waals surface area contributed by atoms with E-state index in [4.69, 9.17) is 16.3 Å². The van der Waals surface area contributed by atoms with Crippen LogP contribution in [0.4, 0.5) is 5.69 Å². The van der Waals surface area contributed by atoms with Crippen molar-refractivity contribution in [1.29, 1.82) is 0 Å². The number of halogens is 1. The molecule has 0 bridgehead atoms. The van der Waals surface area contributed by atoms with Gasteiger partial charge in [-0.15, -0.1) is 0 Å². The molecule has 0 spiro atoms. The number of ketones is 1. The summed E-state index contributed by atoms with van der Waals surface area (Å²) in [4.78, 5) is 58.9. The van der Waals surface area contributed by atoms with Crippen LogP contribution in [0, 0.1) is 16.0 Å². The number of Topliss-reactive ketones (excluding diaryl/α,β-unsaturated/α-hetero) is 1. The lowest BCUT2D eigenvalue weighted by molar-refractivity contribution is -0.384. The Bertz CT molecular complexity index is 1050. The van der Waals surface area contributed by atoms with E-state index in [2.05, 4.69) is 5.43 Å². The Hall–Kier alpha value is -3.79. The van der Waals surface area contributed by atoms with E-state index >= 15 is 0 Å². The number of hydrogen-bond donors (Lipinski definition) is 1. The normalized spacial score (nSPS) is 15.5. The molecule has 1 aliphatic heterocycles.